The van der Waals surface area contributed by atoms with Crippen LogP contribution in [0.2, 0.25) is 0 Å². The number of nitrogens with zero attached hydrogens (tertiary/aromatic N) is 2. The van der Waals surface area contributed by atoms with Crippen LogP contribution in [0.3, 0.4) is 0 Å². The Bertz CT molecular complexity index is 732. The lowest BCUT2D eigenvalue weighted by Crippen LogP contribution is -2.42. The van der Waals surface area contributed by atoms with E-state index in [9.17, 15) is 14.9 Å². The van der Waals surface area contributed by atoms with Crippen molar-refractivity contribution in [3.05, 3.63) is 33.9 Å². The van der Waals surface area contributed by atoms with Gasteiger partial charge in [0, 0.05) is 31.3 Å². The van der Waals surface area contributed by atoms with Gasteiger partial charge in [-0.3, -0.25) is 14.9 Å². The van der Waals surface area contributed by atoms with Crippen LogP contribution in [0.25, 0.3) is 0 Å². The van der Waals surface area contributed by atoms with E-state index in [4.69, 9.17) is 4.74 Å². The molecule has 2 saturated carbocycles. The maximum Gasteiger partial charge on any atom is 0.270 e. The van der Waals surface area contributed by atoms with E-state index in [1.807, 2.05) is 0 Å². The van der Waals surface area contributed by atoms with Gasteiger partial charge in [0.2, 0.25) is 0 Å². The molecule has 1 saturated heterocycles. The van der Waals surface area contributed by atoms with E-state index in [-0.39, 0.29) is 17.6 Å². The number of non-ortho nitro benzene ring substituents is 1. The first-order valence-corrected chi connectivity index (χ1v) is 9.95. The molecule has 3 aliphatic rings. The fourth-order valence-electron chi connectivity index (χ4n) is 5.20. The molecule has 0 spiro atoms. The number of benzene rings is 1. The van der Waals surface area contributed by atoms with Gasteiger partial charge in [-0.2, -0.15) is 0 Å². The maximum atomic E-state index is 13.1. The second-order valence-corrected chi connectivity index (χ2v) is 8.16. The Morgan fingerprint density at radius 3 is 2.70 bits per heavy atom. The fourth-order valence-corrected chi connectivity index (χ4v) is 5.20. The van der Waals surface area contributed by atoms with E-state index in [1.165, 1.54) is 37.8 Å². The van der Waals surface area contributed by atoms with Gasteiger partial charge >= 0.3 is 0 Å². The summed E-state index contributed by atoms with van der Waals surface area (Å²) >= 11 is 0. The molecule has 0 aromatic heterocycles. The Labute approximate surface area is 159 Å². The molecule has 1 aromatic rings. The largest absolute Gasteiger partial charge is 0.378 e. The molecule has 0 unspecified atom stereocenters. The molecular weight excluding hydrogens is 346 g/mol. The summed E-state index contributed by atoms with van der Waals surface area (Å²) in [6, 6.07) is 4.67. The van der Waals surface area contributed by atoms with E-state index >= 15 is 0 Å². The van der Waals surface area contributed by atoms with E-state index in [0.717, 1.165) is 11.6 Å². The van der Waals surface area contributed by atoms with Crippen molar-refractivity contribution < 1.29 is 14.5 Å². The van der Waals surface area contributed by atoms with E-state index in [0.29, 0.717) is 43.7 Å². The number of ether oxygens (including phenoxy) is 1. The summed E-state index contributed by atoms with van der Waals surface area (Å²) in [5.74, 6) is 1.85. The third-order valence-electron chi connectivity index (χ3n) is 6.58. The van der Waals surface area contributed by atoms with Gasteiger partial charge in [-0.05, 0) is 50.0 Å². The van der Waals surface area contributed by atoms with Crippen molar-refractivity contribution in [2.75, 3.05) is 31.2 Å². The second-order valence-electron chi connectivity index (χ2n) is 8.16. The van der Waals surface area contributed by atoms with Crippen LogP contribution < -0.4 is 10.2 Å². The number of nitrogens with one attached hydrogen (secondary N) is 1. The van der Waals surface area contributed by atoms with Gasteiger partial charge in [0.15, 0.2) is 0 Å². The van der Waals surface area contributed by atoms with E-state index < -0.39 is 4.92 Å². The number of amides is 1. The summed E-state index contributed by atoms with van der Waals surface area (Å²) < 4.78 is 5.39. The van der Waals surface area contributed by atoms with Crippen LogP contribution in [0.5, 0.6) is 0 Å². The van der Waals surface area contributed by atoms with Crippen molar-refractivity contribution in [3.63, 3.8) is 0 Å². The predicted octanol–water partition coefficient (Wildman–Crippen LogP) is 2.99. The van der Waals surface area contributed by atoms with Crippen LogP contribution in [0.15, 0.2) is 18.2 Å². The normalized spacial score (nSPS) is 28.2. The number of rotatable bonds is 5. The van der Waals surface area contributed by atoms with Crippen LogP contribution in [-0.2, 0) is 4.74 Å². The lowest BCUT2D eigenvalue weighted by Gasteiger charge is -2.31. The summed E-state index contributed by atoms with van der Waals surface area (Å²) in [6.07, 6.45) is 5.08. The summed E-state index contributed by atoms with van der Waals surface area (Å²) in [7, 11) is 0. The Balaban J connectivity index is 1.55. The van der Waals surface area contributed by atoms with Crippen molar-refractivity contribution in [1.29, 1.82) is 0 Å². The van der Waals surface area contributed by atoms with Gasteiger partial charge < -0.3 is 15.0 Å². The minimum absolute atomic E-state index is 0.0512. The smallest absolute Gasteiger partial charge is 0.270 e. The maximum absolute atomic E-state index is 13.1. The Kier molecular flexibility index (Phi) is 5.04. The van der Waals surface area contributed by atoms with Crippen molar-refractivity contribution in [1.82, 2.24) is 5.32 Å². The van der Waals surface area contributed by atoms with Crippen LogP contribution >= 0.6 is 0 Å². The zero-order chi connectivity index (χ0) is 19.0. The first-order chi connectivity index (χ1) is 13.0. The predicted molar refractivity (Wildman–Crippen MR) is 102 cm³/mol. The number of fused-ring (bicyclic) bond motifs is 2. The van der Waals surface area contributed by atoms with Gasteiger partial charge in [-0.25, -0.2) is 0 Å². The quantitative estimate of drug-likeness (QED) is 0.633. The molecule has 4 atom stereocenters. The number of nitro groups is 1. The summed E-state index contributed by atoms with van der Waals surface area (Å²) in [5, 5.41) is 14.4. The van der Waals surface area contributed by atoms with Gasteiger partial charge in [-0.1, -0.05) is 6.42 Å². The highest BCUT2D eigenvalue weighted by Gasteiger charge is 2.42. The Morgan fingerprint density at radius 1 is 1.30 bits per heavy atom. The van der Waals surface area contributed by atoms with Gasteiger partial charge in [-0.15, -0.1) is 0 Å². The molecule has 1 aromatic carbocycles. The molecule has 1 aliphatic heterocycles. The van der Waals surface area contributed by atoms with Gasteiger partial charge in [0.25, 0.3) is 11.6 Å². The molecule has 27 heavy (non-hydrogen) atoms. The highest BCUT2D eigenvalue weighted by molar-refractivity contribution is 6.00. The standard InChI is InChI=1S/C20H27N3O4/c1-13(17-11-14-2-3-15(17)10-14)21-20(24)18-12-16(23(25)26)4-5-19(18)22-6-8-27-9-7-22/h4-5,12-15,17H,2-3,6-11H2,1H3,(H,21,24)/t13-,14-,15-,17-/m0/s1. The molecule has 1 heterocycles. The third-order valence-corrected chi connectivity index (χ3v) is 6.58. The molecule has 7 heteroatoms. The SMILES string of the molecule is C[C@H](NC(=O)c1cc([N+](=O)[O-])ccc1N1CCOCC1)[C@@H]1C[C@H]2CC[C@H]1C2. The highest BCUT2D eigenvalue weighted by Crippen LogP contribution is 2.49. The van der Waals surface area contributed by atoms with Gasteiger partial charge in [0.05, 0.1) is 29.4 Å². The lowest BCUT2D eigenvalue weighted by atomic mass is 9.84. The van der Waals surface area contributed by atoms with Crippen LogP contribution in [-0.4, -0.2) is 43.2 Å². The average Bonchev–Trinajstić information content (AvgIpc) is 3.31. The van der Waals surface area contributed by atoms with Gasteiger partial charge in [0.1, 0.15) is 0 Å². The number of morpholine rings is 1. The minimum atomic E-state index is -0.445. The number of nitro benzene ring substituents is 1. The van der Waals surface area contributed by atoms with Crippen LogP contribution in [0, 0.1) is 27.9 Å². The molecule has 2 bridgehead atoms. The number of carbonyl (C=O) groups excluding carboxylic acids is 1. The first-order valence-electron chi connectivity index (χ1n) is 9.95. The lowest BCUT2D eigenvalue weighted by molar-refractivity contribution is -0.384. The number of anilines is 1. The van der Waals surface area contributed by atoms with Crippen LogP contribution in [0.4, 0.5) is 11.4 Å². The van der Waals surface area contributed by atoms with Crippen molar-refractivity contribution >= 4 is 17.3 Å². The summed E-state index contributed by atoms with van der Waals surface area (Å²) in [4.78, 5) is 25.9. The highest BCUT2D eigenvalue weighted by atomic mass is 16.6. The molecule has 4 rings (SSSR count). The van der Waals surface area contributed by atoms with E-state index in [1.54, 1.807) is 6.07 Å². The number of hydrogen-bond donors (Lipinski definition) is 1. The van der Waals surface area contributed by atoms with Crippen molar-refractivity contribution in [3.8, 4) is 0 Å². The zero-order valence-electron chi connectivity index (χ0n) is 15.7. The number of carbonyl (C=O) groups is 1. The summed E-state index contributed by atoms with van der Waals surface area (Å²) in [5.41, 5.74) is 1.09. The topological polar surface area (TPSA) is 84.7 Å². The second kappa shape index (κ2) is 7.46. The molecule has 7 nitrogen and oxygen atoms in total. The number of hydrogen-bond acceptors (Lipinski definition) is 5. The average molecular weight is 373 g/mol. The minimum Gasteiger partial charge on any atom is -0.378 e. The molecule has 1 N–H and O–H groups in total. The third kappa shape index (κ3) is 3.65. The Morgan fingerprint density at radius 2 is 2.07 bits per heavy atom. The Hall–Kier alpha value is -2.15. The van der Waals surface area contributed by atoms with E-state index in [2.05, 4.69) is 17.1 Å². The molecule has 1 amide bonds. The van der Waals surface area contributed by atoms with Crippen LogP contribution in [0.1, 0.15) is 43.0 Å². The first kappa shape index (κ1) is 18.2. The molecule has 0 radical (unpaired) electrons. The monoisotopic (exact) mass is 373 g/mol. The fraction of sp³-hybridized carbons (Fsp3) is 0.650. The zero-order valence-corrected chi connectivity index (χ0v) is 15.7. The van der Waals surface area contributed by atoms with Crippen molar-refractivity contribution in [2.45, 2.75) is 38.6 Å². The molecule has 2 aliphatic carbocycles. The molecular formula is C20H27N3O4. The van der Waals surface area contributed by atoms with Crippen molar-refractivity contribution in [2.24, 2.45) is 17.8 Å². The molecule has 146 valence electrons. The summed E-state index contributed by atoms with van der Waals surface area (Å²) in [6.45, 7) is 4.63. The molecule has 3 fully saturated rings.